The predicted octanol–water partition coefficient (Wildman–Crippen LogP) is 0.788. The topological polar surface area (TPSA) is 90.5 Å². The van der Waals surface area contributed by atoms with Gasteiger partial charge >= 0.3 is 6.03 Å². The Kier molecular flexibility index (Phi) is 3.53. The summed E-state index contributed by atoms with van der Waals surface area (Å²) in [7, 11) is 0. The summed E-state index contributed by atoms with van der Waals surface area (Å²) in [6.07, 6.45) is 1.06. The summed E-state index contributed by atoms with van der Waals surface area (Å²) in [5, 5.41) is 20.2. The molecule has 20 heavy (non-hydrogen) atoms. The van der Waals surface area contributed by atoms with Gasteiger partial charge in [0.2, 0.25) is 0 Å². The molecule has 0 unspecified atom stereocenters. The zero-order valence-electron chi connectivity index (χ0n) is 10.9. The minimum atomic E-state index is -0.647. The maximum absolute atomic E-state index is 12.2. The van der Waals surface area contributed by atoms with Crippen LogP contribution in [0, 0.1) is 0 Å². The standard InChI is InChI=1S/C13H16N4O3/c18-10-7-17(4-5-20-8-10)13(19)15-11-3-1-2-9-6-14-16-12(9)11/h1-3,6,10,18H,4-5,7-8H2,(H,14,16)(H,15,19)/t10-/m1/s1. The number of ether oxygens (including phenoxy) is 1. The van der Waals surface area contributed by atoms with Crippen molar-refractivity contribution in [3.63, 3.8) is 0 Å². The third kappa shape index (κ3) is 2.59. The lowest BCUT2D eigenvalue weighted by Gasteiger charge is -2.21. The fourth-order valence-electron chi connectivity index (χ4n) is 2.24. The molecule has 2 heterocycles. The fraction of sp³-hybridized carbons (Fsp3) is 0.385. The molecule has 0 radical (unpaired) electrons. The van der Waals surface area contributed by atoms with Gasteiger partial charge in [-0.25, -0.2) is 4.79 Å². The van der Waals surface area contributed by atoms with Crippen LogP contribution in [-0.4, -0.2) is 58.6 Å². The number of aromatic nitrogens is 2. The molecule has 106 valence electrons. The maximum Gasteiger partial charge on any atom is 0.322 e. The van der Waals surface area contributed by atoms with Crippen molar-refractivity contribution >= 4 is 22.6 Å². The summed E-state index contributed by atoms with van der Waals surface area (Å²) < 4.78 is 5.21. The fourth-order valence-corrected chi connectivity index (χ4v) is 2.24. The van der Waals surface area contributed by atoms with Gasteiger partial charge in [0, 0.05) is 11.9 Å². The van der Waals surface area contributed by atoms with Crippen LogP contribution in [0.1, 0.15) is 0 Å². The van der Waals surface area contributed by atoms with Gasteiger partial charge in [0.15, 0.2) is 0 Å². The monoisotopic (exact) mass is 276 g/mol. The lowest BCUT2D eigenvalue weighted by Crippen LogP contribution is -2.40. The van der Waals surface area contributed by atoms with Gasteiger partial charge < -0.3 is 20.1 Å². The minimum absolute atomic E-state index is 0.253. The molecular formula is C13H16N4O3. The highest BCUT2D eigenvalue weighted by Crippen LogP contribution is 2.20. The Labute approximate surface area is 115 Å². The number of nitrogens with one attached hydrogen (secondary N) is 2. The van der Waals surface area contributed by atoms with E-state index >= 15 is 0 Å². The summed E-state index contributed by atoms with van der Waals surface area (Å²) in [4.78, 5) is 13.8. The number of aliphatic hydroxyl groups excluding tert-OH is 1. The van der Waals surface area contributed by atoms with Crippen molar-refractivity contribution < 1.29 is 14.6 Å². The average Bonchev–Trinajstić information content (AvgIpc) is 2.81. The summed E-state index contributed by atoms with van der Waals surface area (Å²) in [5.41, 5.74) is 1.46. The van der Waals surface area contributed by atoms with Crippen LogP contribution in [0.5, 0.6) is 0 Å². The Hall–Kier alpha value is -2.12. The highest BCUT2D eigenvalue weighted by Gasteiger charge is 2.21. The molecule has 1 aromatic carbocycles. The number of carbonyl (C=O) groups is 1. The van der Waals surface area contributed by atoms with Gasteiger partial charge in [-0.1, -0.05) is 12.1 Å². The zero-order valence-corrected chi connectivity index (χ0v) is 10.9. The number of urea groups is 1. The summed E-state index contributed by atoms with van der Waals surface area (Å²) in [5.74, 6) is 0. The number of benzene rings is 1. The molecule has 1 aliphatic heterocycles. The number of hydrogen-bond donors (Lipinski definition) is 3. The zero-order chi connectivity index (χ0) is 13.9. The van der Waals surface area contributed by atoms with Gasteiger partial charge in [0.1, 0.15) is 0 Å². The summed E-state index contributed by atoms with van der Waals surface area (Å²) in [6, 6.07) is 5.33. The first kappa shape index (κ1) is 12.9. The molecule has 2 amide bonds. The van der Waals surface area contributed by atoms with E-state index in [1.165, 1.54) is 0 Å². The first-order chi connectivity index (χ1) is 9.74. The first-order valence-corrected chi connectivity index (χ1v) is 6.48. The maximum atomic E-state index is 12.2. The minimum Gasteiger partial charge on any atom is -0.389 e. The van der Waals surface area contributed by atoms with Gasteiger partial charge in [0.25, 0.3) is 0 Å². The van der Waals surface area contributed by atoms with Crippen molar-refractivity contribution in [3.8, 4) is 0 Å². The molecular weight excluding hydrogens is 260 g/mol. The number of aliphatic hydroxyl groups is 1. The summed E-state index contributed by atoms with van der Waals surface area (Å²) >= 11 is 0. The molecule has 0 saturated carbocycles. The number of anilines is 1. The van der Waals surface area contributed by atoms with Crippen molar-refractivity contribution in [2.24, 2.45) is 0 Å². The second kappa shape index (κ2) is 5.48. The Morgan fingerprint density at radius 1 is 1.55 bits per heavy atom. The predicted molar refractivity (Wildman–Crippen MR) is 73.5 cm³/mol. The van der Waals surface area contributed by atoms with E-state index in [-0.39, 0.29) is 19.2 Å². The van der Waals surface area contributed by atoms with E-state index in [4.69, 9.17) is 4.74 Å². The van der Waals surface area contributed by atoms with E-state index in [1.54, 1.807) is 11.1 Å². The highest BCUT2D eigenvalue weighted by atomic mass is 16.5. The molecule has 1 fully saturated rings. The molecule has 0 bridgehead atoms. The van der Waals surface area contributed by atoms with Crippen molar-refractivity contribution in [3.05, 3.63) is 24.4 Å². The number of amides is 2. The van der Waals surface area contributed by atoms with E-state index in [2.05, 4.69) is 15.5 Å². The number of fused-ring (bicyclic) bond motifs is 1. The average molecular weight is 276 g/mol. The van der Waals surface area contributed by atoms with Gasteiger partial charge in [-0.15, -0.1) is 0 Å². The van der Waals surface area contributed by atoms with Crippen molar-refractivity contribution in [1.29, 1.82) is 0 Å². The Bertz CT molecular complexity index is 612. The lowest BCUT2D eigenvalue weighted by molar-refractivity contribution is 0.0575. The van der Waals surface area contributed by atoms with Crippen LogP contribution < -0.4 is 5.32 Å². The van der Waals surface area contributed by atoms with Crippen molar-refractivity contribution in [2.75, 3.05) is 31.6 Å². The molecule has 2 aromatic rings. The number of carbonyl (C=O) groups excluding carboxylic acids is 1. The van der Waals surface area contributed by atoms with Gasteiger partial charge in [-0.2, -0.15) is 5.10 Å². The Morgan fingerprint density at radius 3 is 3.35 bits per heavy atom. The highest BCUT2D eigenvalue weighted by molar-refractivity contribution is 5.99. The third-order valence-corrected chi connectivity index (χ3v) is 3.25. The van der Waals surface area contributed by atoms with E-state index in [1.807, 2.05) is 18.2 Å². The van der Waals surface area contributed by atoms with E-state index in [0.29, 0.717) is 18.8 Å². The van der Waals surface area contributed by atoms with Crippen LogP contribution in [-0.2, 0) is 4.74 Å². The number of nitrogens with zero attached hydrogens (tertiary/aromatic N) is 2. The molecule has 1 aliphatic rings. The van der Waals surface area contributed by atoms with Gasteiger partial charge in [0.05, 0.1) is 43.3 Å². The second-order valence-corrected chi connectivity index (χ2v) is 4.74. The smallest absolute Gasteiger partial charge is 0.322 e. The summed E-state index contributed by atoms with van der Waals surface area (Å²) in [6.45, 7) is 1.42. The van der Waals surface area contributed by atoms with Crippen LogP contribution in [0.4, 0.5) is 10.5 Å². The number of para-hydroxylation sites is 1. The number of rotatable bonds is 1. The molecule has 0 aliphatic carbocycles. The van der Waals surface area contributed by atoms with Crippen LogP contribution >= 0.6 is 0 Å². The van der Waals surface area contributed by atoms with E-state index in [9.17, 15) is 9.90 Å². The molecule has 7 nitrogen and oxygen atoms in total. The number of β-amino-alcohol motifs (C(OH)–C–C–N with tert-alkyl or cyclic N) is 1. The second-order valence-electron chi connectivity index (χ2n) is 4.74. The van der Waals surface area contributed by atoms with Crippen LogP contribution in [0.2, 0.25) is 0 Å². The Balaban J connectivity index is 1.76. The van der Waals surface area contributed by atoms with Crippen molar-refractivity contribution in [1.82, 2.24) is 15.1 Å². The van der Waals surface area contributed by atoms with Gasteiger partial charge in [-0.05, 0) is 6.07 Å². The molecule has 1 saturated heterocycles. The first-order valence-electron chi connectivity index (χ1n) is 6.48. The van der Waals surface area contributed by atoms with Crippen LogP contribution in [0.25, 0.3) is 10.9 Å². The molecule has 0 spiro atoms. The van der Waals surface area contributed by atoms with Crippen LogP contribution in [0.3, 0.4) is 0 Å². The van der Waals surface area contributed by atoms with E-state index in [0.717, 1.165) is 10.9 Å². The number of H-pyrrole nitrogens is 1. The normalized spacial score (nSPS) is 19.9. The SMILES string of the molecule is O=C(Nc1cccc2cn[nH]c12)N1CCOC[C@H](O)C1. The number of aromatic amines is 1. The molecule has 1 atom stereocenters. The Morgan fingerprint density at radius 2 is 2.45 bits per heavy atom. The van der Waals surface area contributed by atoms with Crippen LogP contribution in [0.15, 0.2) is 24.4 Å². The van der Waals surface area contributed by atoms with Gasteiger partial charge in [-0.3, -0.25) is 5.10 Å². The third-order valence-electron chi connectivity index (χ3n) is 3.25. The number of hydrogen-bond acceptors (Lipinski definition) is 4. The molecule has 3 N–H and O–H groups in total. The molecule has 3 rings (SSSR count). The van der Waals surface area contributed by atoms with E-state index < -0.39 is 6.10 Å². The molecule has 1 aromatic heterocycles. The molecule has 7 heteroatoms. The largest absolute Gasteiger partial charge is 0.389 e. The van der Waals surface area contributed by atoms with Crippen molar-refractivity contribution in [2.45, 2.75) is 6.10 Å². The quantitative estimate of drug-likeness (QED) is 0.718. The lowest BCUT2D eigenvalue weighted by atomic mass is 10.2.